The molecule has 0 bridgehead atoms. The van der Waals surface area contributed by atoms with Crippen LogP contribution in [-0.4, -0.2) is 37.2 Å². The van der Waals surface area contributed by atoms with Gasteiger partial charge in [-0.1, -0.05) is 317 Å². The molecule has 1 unspecified atom stereocenters. The van der Waals surface area contributed by atoms with Gasteiger partial charge < -0.3 is 14.2 Å². The van der Waals surface area contributed by atoms with Gasteiger partial charge in [-0.05, 0) is 103 Å². The van der Waals surface area contributed by atoms with Crippen molar-refractivity contribution in [3.63, 3.8) is 0 Å². The standard InChI is InChI=1S/C75H130O6/c1-4-7-10-13-16-18-20-22-24-26-28-30-32-34-36-37-39-40-42-44-46-48-50-52-54-56-59-62-65-68-74(77)80-71-72(70-79-73(76)67-64-61-58-15-12-9-6-3)81-75(78)69-66-63-60-57-55-53-51-49-47-45-43-41-38-35-33-31-29-27-25-23-21-19-17-14-11-8-5-2/h7,10,16,18,21-24,27-30,33-36,72H,4-6,8-9,11-15,17,19-20,25-26,31-32,37-71H2,1-3H3/b10-7-,18-16-,23-21-,24-22-,29-27-,30-28-,35-33-,36-34-. The molecule has 0 spiro atoms. The van der Waals surface area contributed by atoms with E-state index in [9.17, 15) is 14.4 Å². The zero-order chi connectivity index (χ0) is 58.5. The second-order valence-corrected chi connectivity index (χ2v) is 23.1. The minimum absolute atomic E-state index is 0.0753. The molecule has 0 aliphatic heterocycles. The van der Waals surface area contributed by atoms with Gasteiger partial charge in [-0.15, -0.1) is 0 Å². The van der Waals surface area contributed by atoms with Crippen molar-refractivity contribution >= 4 is 17.9 Å². The smallest absolute Gasteiger partial charge is 0.306 e. The fraction of sp³-hybridized carbons (Fsp3) is 0.747. The molecule has 0 saturated carbocycles. The van der Waals surface area contributed by atoms with Crippen LogP contribution in [0, 0.1) is 0 Å². The van der Waals surface area contributed by atoms with E-state index in [1.54, 1.807) is 0 Å². The van der Waals surface area contributed by atoms with Crippen LogP contribution < -0.4 is 0 Å². The predicted molar refractivity (Wildman–Crippen MR) is 353 cm³/mol. The van der Waals surface area contributed by atoms with Gasteiger partial charge in [0.25, 0.3) is 0 Å². The number of allylic oxidation sites excluding steroid dienone is 16. The number of carbonyl (C=O) groups excluding carboxylic acids is 3. The van der Waals surface area contributed by atoms with Crippen molar-refractivity contribution in [1.82, 2.24) is 0 Å². The van der Waals surface area contributed by atoms with Gasteiger partial charge in [-0.25, -0.2) is 0 Å². The molecule has 0 fully saturated rings. The molecule has 1 atom stereocenters. The van der Waals surface area contributed by atoms with E-state index < -0.39 is 6.10 Å². The maximum Gasteiger partial charge on any atom is 0.306 e. The van der Waals surface area contributed by atoms with E-state index in [1.165, 1.54) is 199 Å². The molecular weight excluding hydrogens is 997 g/mol. The third-order valence-corrected chi connectivity index (χ3v) is 15.1. The topological polar surface area (TPSA) is 78.9 Å². The molecule has 81 heavy (non-hydrogen) atoms. The van der Waals surface area contributed by atoms with Crippen molar-refractivity contribution in [2.45, 2.75) is 348 Å². The number of esters is 3. The van der Waals surface area contributed by atoms with Crippen LogP contribution in [0.5, 0.6) is 0 Å². The summed E-state index contributed by atoms with van der Waals surface area (Å²) < 4.78 is 16.9. The molecule has 0 aromatic carbocycles. The average Bonchev–Trinajstić information content (AvgIpc) is 3.47. The van der Waals surface area contributed by atoms with Gasteiger partial charge in [0.1, 0.15) is 13.2 Å². The Kier molecular flexibility index (Phi) is 65.7. The van der Waals surface area contributed by atoms with Crippen molar-refractivity contribution in [3.05, 3.63) is 97.2 Å². The Bertz CT molecular complexity index is 1580. The maximum absolute atomic E-state index is 12.9. The quantitative estimate of drug-likeness (QED) is 0.0261. The molecule has 466 valence electrons. The van der Waals surface area contributed by atoms with E-state index in [0.717, 1.165) is 103 Å². The van der Waals surface area contributed by atoms with Gasteiger partial charge in [0.2, 0.25) is 0 Å². The van der Waals surface area contributed by atoms with E-state index in [-0.39, 0.29) is 31.1 Å². The van der Waals surface area contributed by atoms with Gasteiger partial charge in [0, 0.05) is 19.3 Å². The van der Waals surface area contributed by atoms with Crippen LogP contribution in [0.25, 0.3) is 0 Å². The molecular formula is C75H130O6. The fourth-order valence-electron chi connectivity index (χ4n) is 9.89. The van der Waals surface area contributed by atoms with Crippen LogP contribution in [0.2, 0.25) is 0 Å². The normalized spacial score (nSPS) is 12.7. The lowest BCUT2D eigenvalue weighted by Gasteiger charge is -2.18. The van der Waals surface area contributed by atoms with Crippen LogP contribution in [0.1, 0.15) is 342 Å². The second-order valence-electron chi connectivity index (χ2n) is 23.1. The van der Waals surface area contributed by atoms with E-state index in [4.69, 9.17) is 14.2 Å². The maximum atomic E-state index is 12.9. The second kappa shape index (κ2) is 68.8. The highest BCUT2D eigenvalue weighted by molar-refractivity contribution is 5.71. The van der Waals surface area contributed by atoms with Crippen molar-refractivity contribution in [2.24, 2.45) is 0 Å². The summed E-state index contributed by atoms with van der Waals surface area (Å²) in [4.78, 5) is 38.2. The van der Waals surface area contributed by atoms with Gasteiger partial charge in [0.15, 0.2) is 6.10 Å². The number of carbonyl (C=O) groups is 3. The lowest BCUT2D eigenvalue weighted by molar-refractivity contribution is -0.167. The molecule has 0 aromatic heterocycles. The minimum Gasteiger partial charge on any atom is -0.462 e. The Morgan fingerprint density at radius 2 is 0.481 bits per heavy atom. The lowest BCUT2D eigenvalue weighted by Crippen LogP contribution is -2.30. The summed E-state index contributed by atoms with van der Waals surface area (Å²) in [6.45, 7) is 6.50. The number of hydrogen-bond acceptors (Lipinski definition) is 6. The molecule has 0 N–H and O–H groups in total. The predicted octanol–water partition coefficient (Wildman–Crippen LogP) is 24.0. The summed E-state index contributed by atoms with van der Waals surface area (Å²) >= 11 is 0. The summed E-state index contributed by atoms with van der Waals surface area (Å²) in [6, 6.07) is 0. The zero-order valence-electron chi connectivity index (χ0n) is 53.5. The molecule has 0 rings (SSSR count). The van der Waals surface area contributed by atoms with Crippen LogP contribution >= 0.6 is 0 Å². The summed E-state index contributed by atoms with van der Waals surface area (Å²) in [7, 11) is 0. The lowest BCUT2D eigenvalue weighted by atomic mass is 10.0. The monoisotopic (exact) mass is 1130 g/mol. The van der Waals surface area contributed by atoms with Gasteiger partial charge in [-0.2, -0.15) is 0 Å². The highest BCUT2D eigenvalue weighted by Crippen LogP contribution is 2.17. The summed E-state index contributed by atoms with van der Waals surface area (Å²) in [5.74, 6) is -0.872. The number of rotatable bonds is 63. The Labute approximate surface area is 502 Å². The molecule has 0 aliphatic carbocycles. The van der Waals surface area contributed by atoms with Crippen molar-refractivity contribution in [1.29, 1.82) is 0 Å². The SMILES string of the molecule is CC/C=C\C/C=C\C/C=C\C/C=C\C/C=C\CCCCCCCCCCCCCCCC(=O)OCC(COC(=O)CCCCCCCCC)OC(=O)CCCCCCCCCCCCCC/C=C\C/C=C\C/C=C\CCCCCCC. The first-order valence-corrected chi connectivity index (χ1v) is 34.7. The molecule has 6 nitrogen and oxygen atoms in total. The Hall–Kier alpha value is -3.67. The number of unbranched alkanes of at least 4 members (excludes halogenated alkanes) is 36. The average molecular weight is 1130 g/mol. The Morgan fingerprint density at radius 3 is 0.753 bits per heavy atom. The van der Waals surface area contributed by atoms with Crippen LogP contribution in [-0.2, 0) is 28.6 Å². The summed E-state index contributed by atoms with van der Waals surface area (Å²) in [5.41, 5.74) is 0. The Balaban J connectivity index is 4.09. The first kappa shape index (κ1) is 77.3. The van der Waals surface area contributed by atoms with E-state index in [1.807, 2.05) is 0 Å². The third kappa shape index (κ3) is 67.0. The van der Waals surface area contributed by atoms with E-state index in [2.05, 4.69) is 118 Å². The highest BCUT2D eigenvalue weighted by atomic mass is 16.6. The van der Waals surface area contributed by atoms with Crippen LogP contribution in [0.3, 0.4) is 0 Å². The summed E-state index contributed by atoms with van der Waals surface area (Å²) in [6.07, 6.45) is 93.1. The molecule has 0 heterocycles. The first-order valence-electron chi connectivity index (χ1n) is 34.7. The minimum atomic E-state index is -0.777. The van der Waals surface area contributed by atoms with Gasteiger partial charge >= 0.3 is 17.9 Å². The third-order valence-electron chi connectivity index (χ3n) is 15.1. The molecule has 0 aliphatic rings. The van der Waals surface area contributed by atoms with E-state index in [0.29, 0.717) is 19.3 Å². The molecule has 0 radical (unpaired) electrons. The largest absolute Gasteiger partial charge is 0.462 e. The first-order chi connectivity index (χ1) is 40.0. The molecule has 0 amide bonds. The fourth-order valence-corrected chi connectivity index (χ4v) is 9.89. The highest BCUT2D eigenvalue weighted by Gasteiger charge is 2.19. The van der Waals surface area contributed by atoms with Crippen LogP contribution in [0.15, 0.2) is 97.2 Å². The molecule has 0 aromatic rings. The Morgan fingerprint density at radius 1 is 0.259 bits per heavy atom. The van der Waals surface area contributed by atoms with Gasteiger partial charge in [0.05, 0.1) is 0 Å². The zero-order valence-corrected chi connectivity index (χ0v) is 53.5. The van der Waals surface area contributed by atoms with Crippen molar-refractivity contribution in [2.75, 3.05) is 13.2 Å². The molecule has 6 heteroatoms. The van der Waals surface area contributed by atoms with E-state index >= 15 is 0 Å². The number of hydrogen-bond donors (Lipinski definition) is 0. The van der Waals surface area contributed by atoms with Crippen molar-refractivity contribution in [3.8, 4) is 0 Å². The van der Waals surface area contributed by atoms with Crippen LogP contribution in [0.4, 0.5) is 0 Å². The molecule has 0 saturated heterocycles. The van der Waals surface area contributed by atoms with Gasteiger partial charge in [-0.3, -0.25) is 14.4 Å². The summed E-state index contributed by atoms with van der Waals surface area (Å²) in [5, 5.41) is 0. The number of ether oxygens (including phenoxy) is 3. The van der Waals surface area contributed by atoms with Crippen molar-refractivity contribution < 1.29 is 28.6 Å².